The van der Waals surface area contributed by atoms with Crippen molar-refractivity contribution in [1.82, 2.24) is 9.97 Å². The van der Waals surface area contributed by atoms with Crippen LogP contribution in [0.15, 0.2) is 36.5 Å². The Hall–Kier alpha value is -2.97. The number of aromatic amines is 1. The molecule has 1 fully saturated rings. The monoisotopic (exact) mass is 439 g/mol. The van der Waals surface area contributed by atoms with E-state index in [4.69, 9.17) is 10.5 Å². The molecule has 1 aliphatic rings. The number of halogens is 1. The molecule has 2 aromatic heterocycles. The van der Waals surface area contributed by atoms with Gasteiger partial charge in [-0.1, -0.05) is 6.92 Å². The number of carbonyl (C=O) groups is 1. The summed E-state index contributed by atoms with van der Waals surface area (Å²) in [6.45, 7) is 2.05. The summed E-state index contributed by atoms with van der Waals surface area (Å²) in [7, 11) is 1.68. The van der Waals surface area contributed by atoms with Crippen molar-refractivity contribution in [3.63, 3.8) is 0 Å². The van der Waals surface area contributed by atoms with Gasteiger partial charge in [-0.3, -0.25) is 4.79 Å². The molecular formula is C24H30FN5O2. The molecule has 1 atom stereocenters. The Balaban J connectivity index is 1.71. The second kappa shape index (κ2) is 9.67. The Morgan fingerprint density at radius 2 is 2.00 bits per heavy atom. The van der Waals surface area contributed by atoms with Gasteiger partial charge in [-0.25, -0.2) is 9.37 Å². The van der Waals surface area contributed by atoms with Crippen molar-refractivity contribution in [2.24, 2.45) is 5.73 Å². The number of rotatable bonds is 7. The van der Waals surface area contributed by atoms with Crippen LogP contribution in [0.4, 0.5) is 15.8 Å². The van der Waals surface area contributed by atoms with Gasteiger partial charge >= 0.3 is 0 Å². The van der Waals surface area contributed by atoms with Crippen molar-refractivity contribution in [2.45, 2.75) is 57.2 Å². The quantitative estimate of drug-likeness (QED) is 0.426. The number of carbonyl (C=O) groups excluding carboxylic acids is 1. The Labute approximate surface area is 186 Å². The van der Waals surface area contributed by atoms with E-state index in [2.05, 4.69) is 27.5 Å². The first-order valence-corrected chi connectivity index (χ1v) is 11.1. The number of H-pyrrole nitrogens is 1. The van der Waals surface area contributed by atoms with E-state index in [0.29, 0.717) is 16.9 Å². The summed E-state index contributed by atoms with van der Waals surface area (Å²) < 4.78 is 18.8. The normalized spacial score (nSPS) is 19.6. The second-order valence-electron chi connectivity index (χ2n) is 8.38. The molecule has 7 nitrogen and oxygen atoms in total. The number of nitrogens with zero attached hydrogens (tertiary/aromatic N) is 1. The average molecular weight is 440 g/mol. The predicted molar refractivity (Wildman–Crippen MR) is 124 cm³/mol. The van der Waals surface area contributed by atoms with E-state index in [1.165, 1.54) is 24.3 Å². The minimum atomic E-state index is -0.354. The van der Waals surface area contributed by atoms with Crippen LogP contribution in [0.25, 0.3) is 11.0 Å². The van der Waals surface area contributed by atoms with Gasteiger partial charge in [-0.15, -0.1) is 0 Å². The molecule has 0 aliphatic heterocycles. The zero-order chi connectivity index (χ0) is 22.7. The minimum absolute atomic E-state index is 0.0822. The number of amides is 1. The number of nitrogens with two attached hydrogens (primary N) is 1. The molecule has 1 unspecified atom stereocenters. The number of hydrogen-bond acceptors (Lipinski definition) is 5. The predicted octanol–water partition coefficient (Wildman–Crippen LogP) is 4.73. The standard InChI is InChI=1S/C24H30FN5O2/c1-3-21(32-2)20-12-18-22(28-16-10-6-15(26)7-11-16)19(13-27-23(18)30-20)24(31)29-17-8-4-14(25)5-9-17/h4-5,8-9,12-13,15-16,21H,3,6-7,10-11,26H2,1-2H3,(H,29,31)(H2,27,28,30)/t15-,16-,21?. The van der Waals surface area contributed by atoms with E-state index in [1.54, 1.807) is 13.3 Å². The van der Waals surface area contributed by atoms with Crippen LogP contribution in [-0.2, 0) is 4.74 Å². The van der Waals surface area contributed by atoms with Gasteiger partial charge in [0.2, 0.25) is 0 Å². The van der Waals surface area contributed by atoms with Crippen LogP contribution in [-0.4, -0.2) is 35.1 Å². The fourth-order valence-electron chi connectivity index (χ4n) is 4.31. The van der Waals surface area contributed by atoms with E-state index in [0.717, 1.165) is 48.9 Å². The Bertz CT molecular complexity index is 1070. The van der Waals surface area contributed by atoms with E-state index >= 15 is 0 Å². The van der Waals surface area contributed by atoms with E-state index in [1.807, 2.05) is 6.07 Å². The lowest BCUT2D eigenvalue weighted by Gasteiger charge is -2.28. The molecule has 5 N–H and O–H groups in total. The van der Waals surface area contributed by atoms with Crippen LogP contribution < -0.4 is 16.4 Å². The van der Waals surface area contributed by atoms with Gasteiger partial charge in [-0.2, -0.15) is 0 Å². The highest BCUT2D eigenvalue weighted by Crippen LogP contribution is 2.33. The van der Waals surface area contributed by atoms with Crippen molar-refractivity contribution in [2.75, 3.05) is 17.7 Å². The lowest BCUT2D eigenvalue weighted by Crippen LogP contribution is -2.33. The van der Waals surface area contributed by atoms with Gasteiger partial charge in [0, 0.05) is 42.2 Å². The number of methoxy groups -OCH3 is 1. The van der Waals surface area contributed by atoms with Crippen molar-refractivity contribution in [3.8, 4) is 0 Å². The van der Waals surface area contributed by atoms with Gasteiger partial charge in [0.1, 0.15) is 11.5 Å². The Morgan fingerprint density at radius 1 is 1.28 bits per heavy atom. The molecule has 3 aromatic rings. The molecule has 0 bridgehead atoms. The first kappa shape index (κ1) is 22.2. The van der Waals surface area contributed by atoms with Crippen LogP contribution >= 0.6 is 0 Å². The summed E-state index contributed by atoms with van der Waals surface area (Å²) in [6, 6.07) is 8.16. The van der Waals surface area contributed by atoms with Gasteiger partial charge < -0.3 is 26.1 Å². The van der Waals surface area contributed by atoms with Gasteiger partial charge in [0.15, 0.2) is 0 Å². The number of pyridine rings is 1. The van der Waals surface area contributed by atoms with Gasteiger partial charge in [0.25, 0.3) is 5.91 Å². The molecule has 32 heavy (non-hydrogen) atoms. The first-order chi connectivity index (χ1) is 15.5. The average Bonchev–Trinajstić information content (AvgIpc) is 3.22. The molecule has 170 valence electrons. The Kier molecular flexibility index (Phi) is 6.72. The minimum Gasteiger partial charge on any atom is -0.381 e. The number of fused-ring (bicyclic) bond motifs is 1. The SMILES string of the molecule is CCC(OC)c1cc2c(N[C@H]3CC[C@H](N)CC3)c(C(=O)Nc3ccc(F)cc3)cnc2[nH]1. The number of aromatic nitrogens is 2. The maximum absolute atomic E-state index is 13.2. The zero-order valence-corrected chi connectivity index (χ0v) is 18.5. The topological polar surface area (TPSA) is 105 Å². The zero-order valence-electron chi connectivity index (χ0n) is 18.5. The van der Waals surface area contributed by atoms with Crippen molar-refractivity contribution >= 4 is 28.3 Å². The van der Waals surface area contributed by atoms with Crippen LogP contribution in [0.1, 0.15) is 61.2 Å². The molecule has 0 spiro atoms. The summed E-state index contributed by atoms with van der Waals surface area (Å²) in [6.07, 6.45) is 6.08. The molecule has 8 heteroatoms. The molecule has 2 heterocycles. The maximum atomic E-state index is 13.2. The molecule has 4 rings (SSSR count). The summed E-state index contributed by atoms with van der Waals surface area (Å²) in [5, 5.41) is 7.29. The molecule has 1 aliphatic carbocycles. The molecular weight excluding hydrogens is 409 g/mol. The molecule has 1 amide bonds. The van der Waals surface area contributed by atoms with Crippen molar-refractivity contribution in [3.05, 3.63) is 53.6 Å². The molecule has 1 saturated carbocycles. The second-order valence-corrected chi connectivity index (χ2v) is 8.38. The summed E-state index contributed by atoms with van der Waals surface area (Å²) in [4.78, 5) is 21.0. The fourth-order valence-corrected chi connectivity index (χ4v) is 4.31. The Morgan fingerprint density at radius 3 is 2.66 bits per heavy atom. The number of nitrogens with one attached hydrogen (secondary N) is 3. The van der Waals surface area contributed by atoms with Crippen molar-refractivity contribution < 1.29 is 13.9 Å². The van der Waals surface area contributed by atoms with E-state index in [-0.39, 0.29) is 29.9 Å². The smallest absolute Gasteiger partial charge is 0.259 e. The maximum Gasteiger partial charge on any atom is 0.259 e. The molecule has 0 radical (unpaired) electrons. The first-order valence-electron chi connectivity index (χ1n) is 11.1. The van der Waals surface area contributed by atoms with Crippen LogP contribution in [0.5, 0.6) is 0 Å². The fraction of sp³-hybridized carbons (Fsp3) is 0.417. The van der Waals surface area contributed by atoms with E-state index < -0.39 is 0 Å². The molecule has 0 saturated heterocycles. The van der Waals surface area contributed by atoms with Gasteiger partial charge in [-0.05, 0) is 62.4 Å². The third-order valence-corrected chi connectivity index (χ3v) is 6.15. The molecule has 1 aromatic carbocycles. The lowest BCUT2D eigenvalue weighted by molar-refractivity contribution is 0.0971. The highest BCUT2D eigenvalue weighted by molar-refractivity contribution is 6.12. The third kappa shape index (κ3) is 4.76. The number of ether oxygens (including phenoxy) is 1. The van der Waals surface area contributed by atoms with Crippen LogP contribution in [0.2, 0.25) is 0 Å². The summed E-state index contributed by atoms with van der Waals surface area (Å²) in [5.41, 5.74) is 9.39. The largest absolute Gasteiger partial charge is 0.381 e. The summed E-state index contributed by atoms with van der Waals surface area (Å²) in [5.74, 6) is -0.657. The summed E-state index contributed by atoms with van der Waals surface area (Å²) >= 11 is 0. The highest BCUT2D eigenvalue weighted by atomic mass is 19.1. The number of hydrogen-bond donors (Lipinski definition) is 4. The van der Waals surface area contributed by atoms with Crippen molar-refractivity contribution in [1.29, 1.82) is 0 Å². The van der Waals surface area contributed by atoms with Crippen LogP contribution in [0, 0.1) is 5.82 Å². The van der Waals surface area contributed by atoms with Crippen LogP contribution in [0.3, 0.4) is 0 Å². The highest BCUT2D eigenvalue weighted by Gasteiger charge is 2.24. The number of anilines is 2. The van der Waals surface area contributed by atoms with E-state index in [9.17, 15) is 9.18 Å². The third-order valence-electron chi connectivity index (χ3n) is 6.15. The van der Waals surface area contributed by atoms with Gasteiger partial charge in [0.05, 0.1) is 17.4 Å². The lowest BCUT2D eigenvalue weighted by atomic mass is 9.91. The number of benzene rings is 1.